The molecule has 1 aromatic rings. The van der Waals surface area contributed by atoms with E-state index in [1.54, 1.807) is 12.1 Å². The lowest BCUT2D eigenvalue weighted by molar-refractivity contribution is 0.0697. The highest BCUT2D eigenvalue weighted by Crippen LogP contribution is 2.25. The average Bonchev–Trinajstić information content (AvgIpc) is 2.39. The van der Waals surface area contributed by atoms with E-state index in [1.165, 1.54) is 6.07 Å². The van der Waals surface area contributed by atoms with E-state index in [1.807, 2.05) is 0 Å². The minimum atomic E-state index is -1.02. The number of benzene rings is 1. The molecule has 0 bridgehead atoms. The zero-order chi connectivity index (χ0) is 14.7. The van der Waals surface area contributed by atoms with Gasteiger partial charge in [0.1, 0.15) is 11.9 Å². The number of carboxylic acid groups (broad SMARTS) is 1. The van der Waals surface area contributed by atoms with Crippen molar-refractivity contribution in [1.29, 1.82) is 0 Å². The number of hydrogen-bond donors (Lipinski definition) is 1. The van der Waals surface area contributed by atoms with Crippen LogP contribution in [0.2, 0.25) is 5.02 Å². The van der Waals surface area contributed by atoms with Crippen LogP contribution in [-0.4, -0.2) is 41.2 Å². The van der Waals surface area contributed by atoms with Gasteiger partial charge in [-0.25, -0.2) is 4.79 Å². The number of carboxylic acids is 1. The maximum absolute atomic E-state index is 10.9. The van der Waals surface area contributed by atoms with Gasteiger partial charge < -0.3 is 14.7 Å². The summed E-state index contributed by atoms with van der Waals surface area (Å²) < 4.78 is 5.89. The van der Waals surface area contributed by atoms with Crippen molar-refractivity contribution in [2.45, 2.75) is 38.8 Å². The quantitative estimate of drug-likeness (QED) is 0.926. The molecule has 1 saturated heterocycles. The summed E-state index contributed by atoms with van der Waals surface area (Å²) in [7, 11) is 0. The number of piperidine rings is 1. The first-order valence-corrected chi connectivity index (χ1v) is 7.28. The van der Waals surface area contributed by atoms with Crippen molar-refractivity contribution in [1.82, 2.24) is 4.90 Å². The van der Waals surface area contributed by atoms with Crippen molar-refractivity contribution in [3.05, 3.63) is 28.8 Å². The normalized spacial score (nSPS) is 17.4. The Bertz CT molecular complexity index is 482. The van der Waals surface area contributed by atoms with Gasteiger partial charge in [0.25, 0.3) is 0 Å². The third-order valence-corrected chi connectivity index (χ3v) is 3.99. The topological polar surface area (TPSA) is 49.8 Å². The molecule has 5 heteroatoms. The molecular weight excluding hydrogens is 278 g/mol. The molecule has 1 aromatic carbocycles. The Balaban J connectivity index is 1.95. The van der Waals surface area contributed by atoms with Crippen LogP contribution in [-0.2, 0) is 0 Å². The van der Waals surface area contributed by atoms with Gasteiger partial charge in [-0.05, 0) is 44.9 Å². The maximum Gasteiger partial charge on any atom is 0.337 e. The molecule has 110 valence electrons. The summed E-state index contributed by atoms with van der Waals surface area (Å²) in [6, 6.07) is 5.31. The van der Waals surface area contributed by atoms with Crippen LogP contribution >= 0.6 is 11.6 Å². The van der Waals surface area contributed by atoms with E-state index in [4.69, 9.17) is 21.4 Å². The number of nitrogens with zero attached hydrogens (tertiary/aromatic N) is 1. The zero-order valence-corrected chi connectivity index (χ0v) is 12.6. The minimum absolute atomic E-state index is 0.105. The number of hydrogen-bond acceptors (Lipinski definition) is 3. The Hall–Kier alpha value is -1.26. The van der Waals surface area contributed by atoms with Gasteiger partial charge in [0.15, 0.2) is 0 Å². The molecule has 0 aromatic heterocycles. The van der Waals surface area contributed by atoms with Crippen LogP contribution in [0.25, 0.3) is 0 Å². The molecule has 0 radical (unpaired) electrons. The fourth-order valence-electron chi connectivity index (χ4n) is 2.45. The summed E-state index contributed by atoms with van der Waals surface area (Å²) >= 11 is 5.94. The Morgan fingerprint density at radius 3 is 2.55 bits per heavy atom. The van der Waals surface area contributed by atoms with Gasteiger partial charge in [-0.1, -0.05) is 11.6 Å². The third-order valence-electron chi connectivity index (χ3n) is 3.68. The lowest BCUT2D eigenvalue weighted by Gasteiger charge is -2.34. The van der Waals surface area contributed by atoms with E-state index in [0.29, 0.717) is 11.8 Å². The minimum Gasteiger partial charge on any atom is -0.490 e. The third kappa shape index (κ3) is 3.64. The summed E-state index contributed by atoms with van der Waals surface area (Å²) in [4.78, 5) is 13.3. The summed E-state index contributed by atoms with van der Waals surface area (Å²) in [5.74, 6) is -0.380. The first kappa shape index (κ1) is 15.1. The number of ether oxygens (including phenoxy) is 1. The van der Waals surface area contributed by atoms with E-state index >= 15 is 0 Å². The SMILES string of the molecule is CC(C)N1CCC(Oc2ccc(C(=O)O)c(Cl)c2)CC1. The van der Waals surface area contributed by atoms with Crippen molar-refractivity contribution < 1.29 is 14.6 Å². The molecule has 0 unspecified atom stereocenters. The second-order valence-corrected chi connectivity index (χ2v) is 5.80. The maximum atomic E-state index is 10.9. The highest BCUT2D eigenvalue weighted by molar-refractivity contribution is 6.33. The second-order valence-electron chi connectivity index (χ2n) is 5.39. The Morgan fingerprint density at radius 2 is 2.05 bits per heavy atom. The first-order valence-electron chi connectivity index (χ1n) is 6.91. The number of halogens is 1. The van der Waals surface area contributed by atoms with Gasteiger partial charge >= 0.3 is 5.97 Å². The van der Waals surface area contributed by atoms with E-state index in [0.717, 1.165) is 25.9 Å². The Labute approximate surface area is 124 Å². The van der Waals surface area contributed by atoms with Gasteiger partial charge in [-0.15, -0.1) is 0 Å². The number of rotatable bonds is 4. The van der Waals surface area contributed by atoms with Crippen LogP contribution in [0.5, 0.6) is 5.75 Å². The fourth-order valence-corrected chi connectivity index (χ4v) is 2.70. The second kappa shape index (κ2) is 6.46. The summed E-state index contributed by atoms with van der Waals surface area (Å²) in [5, 5.41) is 9.15. The van der Waals surface area contributed by atoms with Crippen LogP contribution in [0.4, 0.5) is 0 Å². The van der Waals surface area contributed by atoms with Crippen LogP contribution in [0.1, 0.15) is 37.0 Å². The molecule has 1 aliphatic heterocycles. The van der Waals surface area contributed by atoms with Crippen molar-refractivity contribution in [2.75, 3.05) is 13.1 Å². The molecule has 4 nitrogen and oxygen atoms in total. The highest BCUT2D eigenvalue weighted by Gasteiger charge is 2.22. The summed E-state index contributed by atoms with van der Waals surface area (Å²) in [5.41, 5.74) is 0.105. The van der Waals surface area contributed by atoms with E-state index < -0.39 is 5.97 Å². The lowest BCUT2D eigenvalue weighted by atomic mass is 10.1. The summed E-state index contributed by atoms with van der Waals surface area (Å²) in [6.07, 6.45) is 2.14. The zero-order valence-electron chi connectivity index (χ0n) is 11.8. The lowest BCUT2D eigenvalue weighted by Crippen LogP contribution is -2.41. The molecule has 1 heterocycles. The Morgan fingerprint density at radius 1 is 1.40 bits per heavy atom. The molecule has 0 aliphatic carbocycles. The molecule has 1 N–H and O–H groups in total. The molecule has 0 saturated carbocycles. The number of carbonyl (C=O) groups is 1. The molecule has 1 aliphatic rings. The molecule has 0 atom stereocenters. The van der Waals surface area contributed by atoms with Crippen LogP contribution in [0.3, 0.4) is 0 Å². The van der Waals surface area contributed by atoms with Gasteiger partial charge in [0, 0.05) is 19.1 Å². The van der Waals surface area contributed by atoms with Crippen molar-refractivity contribution >= 4 is 17.6 Å². The van der Waals surface area contributed by atoms with Gasteiger partial charge in [-0.3, -0.25) is 0 Å². The van der Waals surface area contributed by atoms with Crippen LogP contribution < -0.4 is 4.74 Å². The van der Waals surface area contributed by atoms with Gasteiger partial charge in [0.05, 0.1) is 10.6 Å². The Kier molecular flexibility index (Phi) is 4.89. The fraction of sp³-hybridized carbons (Fsp3) is 0.533. The highest BCUT2D eigenvalue weighted by atomic mass is 35.5. The first-order chi connectivity index (χ1) is 9.47. The van der Waals surface area contributed by atoms with E-state index in [-0.39, 0.29) is 16.7 Å². The van der Waals surface area contributed by atoms with E-state index in [2.05, 4.69) is 18.7 Å². The largest absolute Gasteiger partial charge is 0.490 e. The molecule has 0 amide bonds. The van der Waals surface area contributed by atoms with Crippen molar-refractivity contribution in [3.8, 4) is 5.75 Å². The smallest absolute Gasteiger partial charge is 0.337 e. The standard InChI is InChI=1S/C15H20ClNO3/c1-10(2)17-7-5-11(6-8-17)20-12-3-4-13(15(18)19)14(16)9-12/h3-4,9-11H,5-8H2,1-2H3,(H,18,19). The monoisotopic (exact) mass is 297 g/mol. The number of aromatic carboxylic acids is 1. The molecule has 20 heavy (non-hydrogen) atoms. The predicted molar refractivity (Wildman–Crippen MR) is 78.8 cm³/mol. The molecule has 1 fully saturated rings. The van der Waals surface area contributed by atoms with Crippen LogP contribution in [0.15, 0.2) is 18.2 Å². The van der Waals surface area contributed by atoms with Crippen molar-refractivity contribution in [2.24, 2.45) is 0 Å². The molecule has 0 spiro atoms. The van der Waals surface area contributed by atoms with Crippen molar-refractivity contribution in [3.63, 3.8) is 0 Å². The van der Waals surface area contributed by atoms with Gasteiger partial charge in [-0.2, -0.15) is 0 Å². The summed E-state index contributed by atoms with van der Waals surface area (Å²) in [6.45, 7) is 6.46. The number of likely N-dealkylation sites (tertiary alicyclic amines) is 1. The van der Waals surface area contributed by atoms with Crippen LogP contribution in [0, 0.1) is 0 Å². The predicted octanol–water partition coefficient (Wildman–Crippen LogP) is 3.29. The van der Waals surface area contributed by atoms with Gasteiger partial charge in [0.2, 0.25) is 0 Å². The average molecular weight is 298 g/mol. The molecule has 2 rings (SSSR count). The molecular formula is C15H20ClNO3. The van der Waals surface area contributed by atoms with E-state index in [9.17, 15) is 4.79 Å².